The van der Waals surface area contributed by atoms with Gasteiger partial charge in [0, 0.05) is 30.6 Å². The van der Waals surface area contributed by atoms with Crippen LogP contribution in [-0.2, 0) is 28.6 Å². The quantitative estimate of drug-likeness (QED) is 0.358. The van der Waals surface area contributed by atoms with Crippen LogP contribution in [0.2, 0.25) is 0 Å². The van der Waals surface area contributed by atoms with Crippen LogP contribution in [0.15, 0.2) is 54.6 Å². The first kappa shape index (κ1) is 28.7. The SMILES string of the molecule is Cc1cc(OCCc2ccccc2)cc(C)c1C(=O)Nc1cc(CC(=O)O)c(N2CCC(=O)C2)cc1C(F)(F)F. The molecule has 0 bridgehead atoms. The van der Waals surface area contributed by atoms with Crippen LogP contribution in [0.3, 0.4) is 0 Å². The minimum absolute atomic E-state index is 0.0166. The number of hydrogen-bond acceptors (Lipinski definition) is 5. The lowest BCUT2D eigenvalue weighted by Crippen LogP contribution is -2.24. The maximum Gasteiger partial charge on any atom is 0.418 e. The van der Waals surface area contributed by atoms with Gasteiger partial charge in [-0.05, 0) is 60.4 Å². The number of nitrogens with one attached hydrogen (secondary N) is 1. The average molecular weight is 555 g/mol. The summed E-state index contributed by atoms with van der Waals surface area (Å²) >= 11 is 0. The van der Waals surface area contributed by atoms with Gasteiger partial charge < -0.3 is 20.1 Å². The van der Waals surface area contributed by atoms with Gasteiger partial charge in [-0.1, -0.05) is 30.3 Å². The number of rotatable bonds is 9. The summed E-state index contributed by atoms with van der Waals surface area (Å²) in [5.74, 6) is -1.63. The summed E-state index contributed by atoms with van der Waals surface area (Å²) < 4.78 is 48.2. The number of nitrogens with zero attached hydrogens (tertiary/aromatic N) is 1. The highest BCUT2D eigenvalue weighted by Crippen LogP contribution is 2.40. The number of benzene rings is 3. The fourth-order valence-electron chi connectivity index (χ4n) is 4.89. The Kier molecular flexibility index (Phi) is 8.46. The number of carbonyl (C=O) groups is 3. The fourth-order valence-corrected chi connectivity index (χ4v) is 4.89. The van der Waals surface area contributed by atoms with E-state index in [0.717, 1.165) is 17.7 Å². The number of aryl methyl sites for hydroxylation is 2. The molecule has 0 saturated carbocycles. The highest BCUT2D eigenvalue weighted by molar-refractivity contribution is 6.07. The van der Waals surface area contributed by atoms with E-state index in [1.54, 1.807) is 26.0 Å². The van der Waals surface area contributed by atoms with Gasteiger partial charge in [-0.3, -0.25) is 14.4 Å². The number of aliphatic carboxylic acids is 1. The molecule has 2 N–H and O–H groups in total. The number of amides is 1. The predicted molar refractivity (Wildman–Crippen MR) is 144 cm³/mol. The first-order valence-electron chi connectivity index (χ1n) is 12.7. The number of ketones is 1. The summed E-state index contributed by atoms with van der Waals surface area (Å²) in [6.07, 6.45) is -4.57. The van der Waals surface area contributed by atoms with E-state index in [9.17, 15) is 32.7 Å². The van der Waals surface area contributed by atoms with Crippen molar-refractivity contribution in [3.63, 3.8) is 0 Å². The van der Waals surface area contributed by atoms with Gasteiger partial charge in [0.25, 0.3) is 5.91 Å². The Hall–Kier alpha value is -4.34. The molecule has 0 aliphatic carbocycles. The fraction of sp³-hybridized carbons (Fsp3) is 0.300. The van der Waals surface area contributed by atoms with Crippen molar-refractivity contribution >= 4 is 29.0 Å². The Balaban J connectivity index is 1.61. The van der Waals surface area contributed by atoms with E-state index in [1.807, 2.05) is 30.3 Å². The third-order valence-electron chi connectivity index (χ3n) is 6.72. The zero-order valence-corrected chi connectivity index (χ0v) is 22.1. The van der Waals surface area contributed by atoms with E-state index < -0.39 is 35.7 Å². The molecule has 7 nitrogen and oxygen atoms in total. The predicted octanol–water partition coefficient (Wildman–Crippen LogP) is 5.60. The van der Waals surface area contributed by atoms with Gasteiger partial charge in [0.2, 0.25) is 0 Å². The zero-order valence-electron chi connectivity index (χ0n) is 22.1. The molecule has 40 heavy (non-hydrogen) atoms. The Morgan fingerprint density at radius 3 is 2.30 bits per heavy atom. The molecule has 10 heteroatoms. The molecule has 1 heterocycles. The number of hydrogen-bond donors (Lipinski definition) is 2. The highest BCUT2D eigenvalue weighted by Gasteiger charge is 2.37. The van der Waals surface area contributed by atoms with Crippen LogP contribution in [-0.4, -0.2) is 42.5 Å². The van der Waals surface area contributed by atoms with Crippen molar-refractivity contribution in [2.24, 2.45) is 0 Å². The van der Waals surface area contributed by atoms with Crippen LogP contribution in [0.1, 0.15) is 44.6 Å². The Morgan fingerprint density at radius 1 is 1.05 bits per heavy atom. The van der Waals surface area contributed by atoms with Gasteiger partial charge in [-0.2, -0.15) is 13.2 Å². The van der Waals surface area contributed by atoms with Crippen molar-refractivity contribution in [3.8, 4) is 5.75 Å². The molecule has 0 aromatic heterocycles. The Morgan fingerprint density at radius 2 is 1.73 bits per heavy atom. The second-order valence-corrected chi connectivity index (χ2v) is 9.78. The maximum atomic E-state index is 14.1. The first-order valence-corrected chi connectivity index (χ1v) is 12.7. The van der Waals surface area contributed by atoms with Gasteiger partial charge >= 0.3 is 12.1 Å². The lowest BCUT2D eigenvalue weighted by atomic mass is 9.99. The van der Waals surface area contributed by atoms with E-state index in [1.165, 1.54) is 4.90 Å². The standard InChI is InChI=1S/C30H29F3N2O5/c1-18-12-23(40-11-9-20-6-4-3-5-7-20)13-19(2)28(18)29(39)34-25-14-21(15-27(37)38)26(16-24(25)30(31,32)33)35-10-8-22(36)17-35/h3-7,12-14,16H,8-11,15,17H2,1-2H3,(H,34,39)(H,37,38). The van der Waals surface area contributed by atoms with Crippen LogP contribution in [0.4, 0.5) is 24.5 Å². The molecule has 1 aliphatic heterocycles. The maximum absolute atomic E-state index is 14.1. The molecule has 3 aromatic rings. The third kappa shape index (κ3) is 6.80. The molecule has 1 saturated heterocycles. The Bertz CT molecular complexity index is 1410. The molecular formula is C30H29F3N2O5. The first-order chi connectivity index (χ1) is 18.9. The van der Waals surface area contributed by atoms with Gasteiger partial charge in [0.1, 0.15) is 5.75 Å². The molecule has 1 fully saturated rings. The van der Waals surface area contributed by atoms with Crippen molar-refractivity contribution in [1.82, 2.24) is 0 Å². The van der Waals surface area contributed by atoms with E-state index in [2.05, 4.69) is 5.32 Å². The number of halogens is 3. The van der Waals surface area contributed by atoms with Crippen molar-refractivity contribution in [2.45, 2.75) is 39.3 Å². The molecule has 1 aliphatic rings. The lowest BCUT2D eigenvalue weighted by molar-refractivity contribution is -0.137. The van der Waals surface area contributed by atoms with Crippen LogP contribution >= 0.6 is 0 Å². The number of anilines is 2. The number of ether oxygens (including phenoxy) is 1. The second kappa shape index (κ2) is 11.8. The van der Waals surface area contributed by atoms with Gasteiger partial charge in [0.15, 0.2) is 5.78 Å². The normalized spacial score (nSPS) is 13.4. The number of alkyl halides is 3. The minimum Gasteiger partial charge on any atom is -0.493 e. The van der Waals surface area contributed by atoms with Crippen LogP contribution in [0, 0.1) is 13.8 Å². The van der Waals surface area contributed by atoms with Crippen molar-refractivity contribution in [2.75, 3.05) is 29.9 Å². The smallest absolute Gasteiger partial charge is 0.418 e. The molecule has 1 amide bonds. The summed E-state index contributed by atoms with van der Waals surface area (Å²) in [4.78, 5) is 38.0. The number of carboxylic acids is 1. The third-order valence-corrected chi connectivity index (χ3v) is 6.72. The summed E-state index contributed by atoms with van der Waals surface area (Å²) in [7, 11) is 0. The molecule has 3 aromatic carbocycles. The van der Waals surface area contributed by atoms with Gasteiger partial charge in [-0.15, -0.1) is 0 Å². The molecule has 0 atom stereocenters. The van der Waals surface area contributed by atoms with Crippen LogP contribution < -0.4 is 15.0 Å². The summed E-state index contributed by atoms with van der Waals surface area (Å²) in [5.41, 5.74) is 0.738. The zero-order chi connectivity index (χ0) is 29.0. The highest BCUT2D eigenvalue weighted by atomic mass is 19.4. The summed E-state index contributed by atoms with van der Waals surface area (Å²) in [6, 6.07) is 14.9. The van der Waals surface area contributed by atoms with Crippen molar-refractivity contribution in [3.05, 3.63) is 88.0 Å². The molecule has 210 valence electrons. The van der Waals surface area contributed by atoms with E-state index in [0.29, 0.717) is 29.9 Å². The largest absolute Gasteiger partial charge is 0.493 e. The van der Waals surface area contributed by atoms with E-state index in [4.69, 9.17) is 4.74 Å². The average Bonchev–Trinajstić information content (AvgIpc) is 3.29. The summed E-state index contributed by atoms with van der Waals surface area (Å²) in [5, 5.41) is 11.7. The lowest BCUT2D eigenvalue weighted by Gasteiger charge is -2.24. The number of Topliss-reactive ketones (excluding diaryl/α,β-unsaturated/α-hetero) is 1. The number of carbonyl (C=O) groups excluding carboxylic acids is 2. The summed E-state index contributed by atoms with van der Waals surface area (Å²) in [6.45, 7) is 3.82. The molecular weight excluding hydrogens is 525 g/mol. The Labute approximate surface area is 229 Å². The van der Waals surface area contributed by atoms with Gasteiger partial charge in [0.05, 0.1) is 30.8 Å². The molecule has 0 spiro atoms. The van der Waals surface area contributed by atoms with Crippen LogP contribution in [0.25, 0.3) is 0 Å². The van der Waals surface area contributed by atoms with E-state index >= 15 is 0 Å². The monoisotopic (exact) mass is 554 g/mol. The molecule has 0 radical (unpaired) electrons. The van der Waals surface area contributed by atoms with Crippen molar-refractivity contribution < 1.29 is 37.4 Å². The van der Waals surface area contributed by atoms with Gasteiger partial charge in [-0.25, -0.2) is 0 Å². The number of carboxylic acid groups (broad SMARTS) is 1. The van der Waals surface area contributed by atoms with E-state index in [-0.39, 0.29) is 42.1 Å². The minimum atomic E-state index is -4.84. The van der Waals surface area contributed by atoms with Crippen molar-refractivity contribution in [1.29, 1.82) is 0 Å². The molecule has 4 rings (SSSR count). The second-order valence-electron chi connectivity index (χ2n) is 9.78. The van der Waals surface area contributed by atoms with Crippen LogP contribution in [0.5, 0.6) is 5.75 Å². The topological polar surface area (TPSA) is 95.9 Å². The molecule has 0 unspecified atom stereocenters.